The molecule has 154 valence electrons. The Morgan fingerprint density at radius 1 is 1.24 bits per heavy atom. The molecular weight excluding hydrogens is 394 g/mol. The van der Waals surface area contributed by atoms with Crippen LogP contribution in [0.2, 0.25) is 5.02 Å². The molecule has 2 aromatic carbocycles. The summed E-state index contributed by atoms with van der Waals surface area (Å²) in [6.07, 6.45) is 2.14. The molecule has 3 rings (SSSR count). The Kier molecular flexibility index (Phi) is 7.32. The summed E-state index contributed by atoms with van der Waals surface area (Å²) in [6, 6.07) is 12.8. The number of anilines is 1. The lowest BCUT2D eigenvalue weighted by Gasteiger charge is -2.19. The number of benzene rings is 2. The van der Waals surface area contributed by atoms with Crippen LogP contribution in [0.3, 0.4) is 0 Å². The molecule has 1 saturated heterocycles. The second-order valence-corrected chi connectivity index (χ2v) is 7.22. The van der Waals surface area contributed by atoms with Crippen LogP contribution in [0, 0.1) is 0 Å². The van der Waals surface area contributed by atoms with E-state index in [1.54, 1.807) is 42.5 Å². The Morgan fingerprint density at radius 2 is 2.07 bits per heavy atom. The topological polar surface area (TPSA) is 103 Å². The number of rotatable bonds is 8. The fourth-order valence-corrected chi connectivity index (χ4v) is 3.46. The third-order valence-corrected chi connectivity index (χ3v) is 4.91. The minimum absolute atomic E-state index is 0.0202. The minimum Gasteiger partial charge on any atom is -0.491 e. The molecule has 1 aliphatic heterocycles. The van der Waals surface area contributed by atoms with Crippen molar-refractivity contribution in [1.82, 2.24) is 5.32 Å². The highest BCUT2D eigenvalue weighted by atomic mass is 35.5. The van der Waals surface area contributed by atoms with Crippen LogP contribution in [-0.4, -0.2) is 31.3 Å². The number of hydrogen-bond donors (Lipinski definition) is 3. The largest absolute Gasteiger partial charge is 0.491 e. The van der Waals surface area contributed by atoms with Crippen molar-refractivity contribution >= 4 is 29.2 Å². The lowest BCUT2D eigenvalue weighted by atomic mass is 10.0. The predicted molar refractivity (Wildman–Crippen MR) is 111 cm³/mol. The van der Waals surface area contributed by atoms with Gasteiger partial charge in [-0.25, -0.2) is 4.79 Å². The molecule has 0 spiro atoms. The summed E-state index contributed by atoms with van der Waals surface area (Å²) in [5, 5.41) is 5.84. The molecule has 4 N–H and O–H groups in total. The molecule has 8 heteroatoms. The zero-order chi connectivity index (χ0) is 20.6. The molecule has 1 fully saturated rings. The highest BCUT2D eigenvalue weighted by Crippen LogP contribution is 2.26. The van der Waals surface area contributed by atoms with Crippen molar-refractivity contribution in [2.24, 2.45) is 5.73 Å². The number of hydrogen-bond acceptors (Lipinski definition) is 4. The molecule has 0 unspecified atom stereocenters. The number of primary amides is 1. The van der Waals surface area contributed by atoms with E-state index in [1.165, 1.54) is 0 Å². The summed E-state index contributed by atoms with van der Waals surface area (Å²) >= 11 is 6.20. The summed E-state index contributed by atoms with van der Waals surface area (Å²) in [6.45, 7) is 1.25. The van der Waals surface area contributed by atoms with E-state index in [2.05, 4.69) is 10.6 Å². The van der Waals surface area contributed by atoms with Crippen LogP contribution in [-0.2, 0) is 9.53 Å². The molecule has 0 bridgehead atoms. The van der Waals surface area contributed by atoms with Crippen molar-refractivity contribution in [3.8, 4) is 5.75 Å². The maximum Gasteiger partial charge on any atom is 0.312 e. The Morgan fingerprint density at radius 3 is 2.79 bits per heavy atom. The summed E-state index contributed by atoms with van der Waals surface area (Å²) in [4.78, 5) is 23.9. The average Bonchev–Trinajstić information content (AvgIpc) is 3.20. The van der Waals surface area contributed by atoms with Crippen LogP contribution in [0.4, 0.5) is 10.5 Å². The van der Waals surface area contributed by atoms with Gasteiger partial charge in [0.15, 0.2) is 0 Å². The van der Waals surface area contributed by atoms with Gasteiger partial charge < -0.3 is 25.8 Å². The third kappa shape index (κ3) is 6.37. The van der Waals surface area contributed by atoms with Gasteiger partial charge in [0.25, 0.3) is 0 Å². The first kappa shape index (κ1) is 21.0. The molecule has 29 heavy (non-hydrogen) atoms. The van der Waals surface area contributed by atoms with E-state index in [4.69, 9.17) is 26.8 Å². The van der Waals surface area contributed by atoms with Gasteiger partial charge in [-0.1, -0.05) is 35.9 Å². The SMILES string of the molecule is NC(=O)N[C@H](CC(=O)Nc1cccc(OC[C@H]2CCCO2)c1)c1ccccc1Cl. The molecule has 1 aliphatic rings. The van der Waals surface area contributed by atoms with Crippen LogP contribution in [0.1, 0.15) is 30.9 Å². The second kappa shape index (κ2) is 10.1. The van der Waals surface area contributed by atoms with Crippen molar-refractivity contribution < 1.29 is 19.1 Å². The summed E-state index contributed by atoms with van der Waals surface area (Å²) in [5.74, 6) is 0.358. The fraction of sp³-hybridized carbons (Fsp3) is 0.333. The lowest BCUT2D eigenvalue weighted by molar-refractivity contribution is -0.116. The van der Waals surface area contributed by atoms with Gasteiger partial charge in [0.1, 0.15) is 12.4 Å². The number of ether oxygens (including phenoxy) is 2. The normalized spacial score (nSPS) is 16.8. The van der Waals surface area contributed by atoms with Gasteiger partial charge in [-0.2, -0.15) is 0 Å². The summed E-state index contributed by atoms with van der Waals surface area (Å²) in [7, 11) is 0. The molecular formula is C21H24ClN3O4. The number of urea groups is 1. The van der Waals surface area contributed by atoms with E-state index in [9.17, 15) is 9.59 Å². The van der Waals surface area contributed by atoms with E-state index in [0.717, 1.165) is 19.4 Å². The first-order valence-electron chi connectivity index (χ1n) is 9.46. The number of nitrogens with two attached hydrogens (primary N) is 1. The number of carbonyl (C=O) groups is 2. The van der Waals surface area contributed by atoms with Gasteiger partial charge in [0.05, 0.1) is 18.6 Å². The van der Waals surface area contributed by atoms with Gasteiger partial charge in [0, 0.05) is 23.4 Å². The maximum absolute atomic E-state index is 12.6. The Hall–Kier alpha value is -2.77. The van der Waals surface area contributed by atoms with Crippen LogP contribution < -0.4 is 21.1 Å². The minimum atomic E-state index is -0.729. The zero-order valence-electron chi connectivity index (χ0n) is 15.9. The lowest BCUT2D eigenvalue weighted by Crippen LogP contribution is -2.35. The molecule has 0 aliphatic carbocycles. The van der Waals surface area contributed by atoms with Gasteiger partial charge in [-0.15, -0.1) is 0 Å². The molecule has 2 atom stereocenters. The molecule has 1 heterocycles. The van der Waals surface area contributed by atoms with Crippen LogP contribution in [0.15, 0.2) is 48.5 Å². The maximum atomic E-state index is 12.6. The monoisotopic (exact) mass is 417 g/mol. The number of carbonyl (C=O) groups excluding carboxylic acids is 2. The van der Waals surface area contributed by atoms with Gasteiger partial charge in [-0.05, 0) is 36.6 Å². The van der Waals surface area contributed by atoms with Crippen molar-refractivity contribution in [1.29, 1.82) is 0 Å². The zero-order valence-corrected chi connectivity index (χ0v) is 16.7. The molecule has 7 nitrogen and oxygen atoms in total. The van der Waals surface area contributed by atoms with E-state index >= 15 is 0 Å². The molecule has 0 saturated carbocycles. The molecule has 2 aromatic rings. The van der Waals surface area contributed by atoms with Crippen molar-refractivity contribution in [2.75, 3.05) is 18.5 Å². The highest BCUT2D eigenvalue weighted by molar-refractivity contribution is 6.31. The molecule has 0 aromatic heterocycles. The van der Waals surface area contributed by atoms with E-state index in [1.807, 2.05) is 6.07 Å². The highest BCUT2D eigenvalue weighted by Gasteiger charge is 2.20. The Labute approximate surface area is 174 Å². The van der Waals surface area contributed by atoms with Gasteiger partial charge >= 0.3 is 6.03 Å². The van der Waals surface area contributed by atoms with Gasteiger partial charge in [0.2, 0.25) is 5.91 Å². The van der Waals surface area contributed by atoms with E-state index < -0.39 is 12.1 Å². The smallest absolute Gasteiger partial charge is 0.312 e. The number of amides is 3. The van der Waals surface area contributed by atoms with Crippen molar-refractivity contribution in [3.63, 3.8) is 0 Å². The predicted octanol–water partition coefficient (Wildman–Crippen LogP) is 3.64. The standard InChI is InChI=1S/C21H24ClN3O4/c22-18-9-2-1-8-17(18)19(25-21(23)27)12-20(26)24-14-5-3-6-15(11-14)29-13-16-7-4-10-28-16/h1-3,5-6,8-9,11,16,19H,4,7,10,12-13H2,(H,24,26)(H3,23,25,27)/t16-,19-/m1/s1. The summed E-state index contributed by atoms with van der Waals surface area (Å²) in [5.41, 5.74) is 6.48. The first-order chi connectivity index (χ1) is 14.0. The number of halogens is 1. The van der Waals surface area contributed by atoms with Gasteiger partial charge in [-0.3, -0.25) is 4.79 Å². The van der Waals surface area contributed by atoms with Crippen LogP contribution in [0.25, 0.3) is 0 Å². The summed E-state index contributed by atoms with van der Waals surface area (Å²) < 4.78 is 11.3. The van der Waals surface area contributed by atoms with Crippen LogP contribution >= 0.6 is 11.6 Å². The second-order valence-electron chi connectivity index (χ2n) is 6.81. The molecule has 0 radical (unpaired) electrons. The van der Waals surface area contributed by atoms with E-state index in [0.29, 0.717) is 28.6 Å². The molecule has 3 amide bonds. The van der Waals surface area contributed by atoms with Crippen molar-refractivity contribution in [3.05, 3.63) is 59.1 Å². The fourth-order valence-electron chi connectivity index (χ4n) is 3.19. The average molecular weight is 418 g/mol. The number of nitrogens with one attached hydrogen (secondary N) is 2. The van der Waals surface area contributed by atoms with Crippen LogP contribution in [0.5, 0.6) is 5.75 Å². The van der Waals surface area contributed by atoms with Crippen molar-refractivity contribution in [2.45, 2.75) is 31.4 Å². The van der Waals surface area contributed by atoms with E-state index in [-0.39, 0.29) is 18.4 Å². The third-order valence-electron chi connectivity index (χ3n) is 4.56. The quantitative estimate of drug-likeness (QED) is 0.610. The first-order valence-corrected chi connectivity index (χ1v) is 9.84. The Bertz CT molecular complexity index is 855. The Balaban J connectivity index is 1.61.